The number of hydrogen-bond donors (Lipinski definition) is 3. The Morgan fingerprint density at radius 1 is 1.17 bits per heavy atom. The minimum Gasteiger partial charge on any atom is -0.493 e. The lowest BCUT2D eigenvalue weighted by atomic mass is 9.89. The molecule has 0 saturated heterocycles. The van der Waals surface area contributed by atoms with E-state index in [-0.39, 0.29) is 11.7 Å². The largest absolute Gasteiger partial charge is 0.493 e. The van der Waals surface area contributed by atoms with E-state index in [2.05, 4.69) is 28.8 Å². The summed E-state index contributed by atoms with van der Waals surface area (Å²) in [5, 5.41) is 18.1. The fraction of sp³-hybridized carbons (Fsp3) is 0.231. The topological polar surface area (TPSA) is 122 Å². The number of anilines is 1. The lowest BCUT2D eigenvalue weighted by Gasteiger charge is -2.20. The number of amidine groups is 1. The van der Waals surface area contributed by atoms with Crippen molar-refractivity contribution in [2.45, 2.75) is 19.8 Å². The van der Waals surface area contributed by atoms with Crippen LogP contribution < -0.4 is 20.6 Å². The highest BCUT2D eigenvalue weighted by atomic mass is 19.1. The van der Waals surface area contributed by atoms with Gasteiger partial charge < -0.3 is 20.6 Å². The molecule has 35 heavy (non-hydrogen) atoms. The van der Waals surface area contributed by atoms with Gasteiger partial charge in [-0.25, -0.2) is 4.39 Å². The molecule has 0 spiro atoms. The van der Waals surface area contributed by atoms with Crippen LogP contribution in [0, 0.1) is 10.8 Å². The molecule has 0 heterocycles. The number of carbonyl (C=O) groups excluding carboxylic acids is 1. The minimum absolute atomic E-state index is 0.189. The van der Waals surface area contributed by atoms with E-state index in [1.54, 1.807) is 44.4 Å². The molecule has 0 unspecified atom stereocenters. The van der Waals surface area contributed by atoms with Crippen LogP contribution in [0.1, 0.15) is 25.3 Å². The van der Waals surface area contributed by atoms with Gasteiger partial charge in [0.25, 0.3) is 0 Å². The summed E-state index contributed by atoms with van der Waals surface area (Å²) in [5.41, 5.74) is 2.48. The Hall–Kier alpha value is -4.27. The molecule has 8 nitrogen and oxygen atoms in total. The fourth-order valence-corrected chi connectivity index (χ4v) is 4.01. The highest BCUT2D eigenvalue weighted by molar-refractivity contribution is 6.06. The van der Waals surface area contributed by atoms with Gasteiger partial charge in [-0.2, -0.15) is 0 Å². The normalized spacial score (nSPS) is 14.3. The van der Waals surface area contributed by atoms with Crippen molar-refractivity contribution in [3.05, 3.63) is 78.2 Å². The molecule has 1 amide bonds. The minimum atomic E-state index is -0.868. The third kappa shape index (κ3) is 5.29. The number of rotatable bonds is 9. The number of nitrogens with one attached hydrogen (secondary N) is 2. The first kappa shape index (κ1) is 25.4. The molecular formula is C26H28FN5O3. The van der Waals surface area contributed by atoms with Gasteiger partial charge in [0.15, 0.2) is 17.3 Å². The first-order valence-electron chi connectivity index (χ1n) is 10.8. The summed E-state index contributed by atoms with van der Waals surface area (Å²) in [6.07, 6.45) is 2.40. The SMILES string of the molecule is C=C(F)/C=C(\C(=C)C)C1(C(=O)Nc2ccc(-c3ccc(OC)c(OC)c3)c(C(=N)N=NN)c2)CC1. The Labute approximate surface area is 203 Å². The van der Waals surface area contributed by atoms with E-state index >= 15 is 0 Å². The van der Waals surface area contributed by atoms with Gasteiger partial charge in [0.05, 0.1) is 19.6 Å². The summed E-state index contributed by atoms with van der Waals surface area (Å²) in [4.78, 5) is 13.2. The van der Waals surface area contributed by atoms with Gasteiger partial charge in [-0.1, -0.05) is 36.1 Å². The average molecular weight is 478 g/mol. The fourth-order valence-electron chi connectivity index (χ4n) is 4.01. The lowest BCUT2D eigenvalue weighted by Crippen LogP contribution is -2.26. The number of nitrogens with two attached hydrogens (primary N) is 1. The summed E-state index contributed by atoms with van der Waals surface area (Å²) in [7, 11) is 3.08. The van der Waals surface area contributed by atoms with Crippen LogP contribution in [0.3, 0.4) is 0 Å². The van der Waals surface area contributed by atoms with Crippen LogP contribution in [0.2, 0.25) is 0 Å². The maximum Gasteiger partial charge on any atom is 0.235 e. The maximum atomic E-state index is 13.6. The molecule has 3 rings (SSSR count). The summed E-state index contributed by atoms with van der Waals surface area (Å²) >= 11 is 0. The van der Waals surface area contributed by atoms with E-state index in [0.717, 1.165) is 5.56 Å². The van der Waals surface area contributed by atoms with Gasteiger partial charge in [0.2, 0.25) is 5.91 Å². The van der Waals surface area contributed by atoms with Crippen molar-refractivity contribution in [3.8, 4) is 22.6 Å². The monoisotopic (exact) mass is 477 g/mol. The average Bonchev–Trinajstić information content (AvgIpc) is 3.64. The van der Waals surface area contributed by atoms with E-state index in [1.165, 1.54) is 13.2 Å². The van der Waals surface area contributed by atoms with Crippen LogP contribution >= 0.6 is 0 Å². The van der Waals surface area contributed by atoms with Gasteiger partial charge >= 0.3 is 0 Å². The van der Waals surface area contributed by atoms with E-state index in [9.17, 15) is 9.18 Å². The van der Waals surface area contributed by atoms with Gasteiger partial charge in [-0.3, -0.25) is 10.2 Å². The highest BCUT2D eigenvalue weighted by Crippen LogP contribution is 2.55. The highest BCUT2D eigenvalue weighted by Gasteiger charge is 2.53. The molecule has 1 saturated carbocycles. The number of amides is 1. The third-order valence-corrected chi connectivity index (χ3v) is 5.85. The molecule has 9 heteroatoms. The Kier molecular flexibility index (Phi) is 7.49. The number of nitrogens with zero attached hydrogens (tertiary/aromatic N) is 2. The zero-order valence-electron chi connectivity index (χ0n) is 19.9. The van der Waals surface area contributed by atoms with Crippen molar-refractivity contribution in [2.24, 2.45) is 21.6 Å². The maximum absolute atomic E-state index is 13.6. The molecule has 0 aliphatic heterocycles. The second kappa shape index (κ2) is 10.3. The van der Waals surface area contributed by atoms with Crippen molar-refractivity contribution < 1.29 is 18.7 Å². The molecular weight excluding hydrogens is 449 g/mol. The Morgan fingerprint density at radius 2 is 1.86 bits per heavy atom. The summed E-state index contributed by atoms with van der Waals surface area (Å²) in [5.74, 6) is 5.15. The van der Waals surface area contributed by atoms with E-state index < -0.39 is 11.2 Å². The van der Waals surface area contributed by atoms with Crippen molar-refractivity contribution in [1.29, 1.82) is 5.41 Å². The number of halogens is 1. The van der Waals surface area contributed by atoms with Crippen molar-refractivity contribution in [1.82, 2.24) is 0 Å². The van der Waals surface area contributed by atoms with Gasteiger partial charge in [0, 0.05) is 11.3 Å². The molecule has 0 radical (unpaired) electrons. The van der Waals surface area contributed by atoms with Gasteiger partial charge in [-0.05, 0) is 66.8 Å². The summed E-state index contributed by atoms with van der Waals surface area (Å²) < 4.78 is 24.3. The quantitative estimate of drug-likeness (QED) is 0.107. The molecule has 0 bridgehead atoms. The Balaban J connectivity index is 2.01. The molecule has 2 aromatic rings. The number of allylic oxidation sites excluding steroid dienone is 3. The molecule has 2 aromatic carbocycles. The van der Waals surface area contributed by atoms with E-state index in [1.807, 2.05) is 6.07 Å². The standard InChI is InChI=1S/C26H28FN5O3/c1-15(2)21(12-16(3)27)26(10-11-26)25(33)30-18-7-8-19(20(14-18)24(28)31-32-29)17-6-9-22(34-4)23(13-17)35-5/h6-9,12-14H,1,3,10-11H2,2,4-5H3,(H,30,33)(H3,28,29,31)/b21-12+. The predicted octanol–water partition coefficient (Wildman–Crippen LogP) is 5.73. The first-order valence-corrected chi connectivity index (χ1v) is 10.8. The molecule has 0 aromatic heterocycles. The molecule has 0 atom stereocenters. The number of ether oxygens (including phenoxy) is 2. The molecule has 4 N–H and O–H groups in total. The molecule has 1 aliphatic carbocycles. The smallest absolute Gasteiger partial charge is 0.235 e. The molecule has 1 fully saturated rings. The molecule has 1 aliphatic rings. The predicted molar refractivity (Wildman–Crippen MR) is 134 cm³/mol. The van der Waals surface area contributed by atoms with Crippen LogP contribution in [0.15, 0.2) is 82.9 Å². The number of hydrogen-bond acceptors (Lipinski definition) is 5. The Bertz CT molecular complexity index is 1260. The van der Waals surface area contributed by atoms with Crippen LogP contribution in [0.25, 0.3) is 11.1 Å². The van der Waals surface area contributed by atoms with Crippen LogP contribution in [0.5, 0.6) is 11.5 Å². The summed E-state index contributed by atoms with van der Waals surface area (Å²) in [6, 6.07) is 10.4. The molecule has 182 valence electrons. The van der Waals surface area contributed by atoms with Crippen LogP contribution in [-0.2, 0) is 4.79 Å². The Morgan fingerprint density at radius 3 is 2.40 bits per heavy atom. The summed E-state index contributed by atoms with van der Waals surface area (Å²) in [6.45, 7) is 8.92. The van der Waals surface area contributed by atoms with Crippen molar-refractivity contribution in [2.75, 3.05) is 19.5 Å². The van der Waals surface area contributed by atoms with Gasteiger partial charge in [-0.15, -0.1) is 5.11 Å². The zero-order chi connectivity index (χ0) is 25.8. The van der Waals surface area contributed by atoms with E-state index in [0.29, 0.717) is 52.3 Å². The number of methoxy groups -OCH3 is 2. The van der Waals surface area contributed by atoms with E-state index in [4.69, 9.17) is 20.7 Å². The van der Waals surface area contributed by atoms with Crippen molar-refractivity contribution in [3.63, 3.8) is 0 Å². The zero-order valence-corrected chi connectivity index (χ0v) is 19.9. The van der Waals surface area contributed by atoms with Gasteiger partial charge in [0.1, 0.15) is 5.83 Å². The van der Waals surface area contributed by atoms with Crippen molar-refractivity contribution >= 4 is 17.4 Å². The number of carbonyl (C=O) groups is 1. The van der Waals surface area contributed by atoms with Crippen LogP contribution in [-0.4, -0.2) is 26.0 Å². The van der Waals surface area contributed by atoms with Crippen LogP contribution in [0.4, 0.5) is 10.1 Å². The third-order valence-electron chi connectivity index (χ3n) is 5.85. The lowest BCUT2D eigenvalue weighted by molar-refractivity contribution is -0.119. The second-order valence-electron chi connectivity index (χ2n) is 8.22. The first-order chi connectivity index (χ1) is 16.7. The number of benzene rings is 2. The second-order valence-corrected chi connectivity index (χ2v) is 8.22.